The zero-order chi connectivity index (χ0) is 15.0. The molecule has 3 nitrogen and oxygen atoms in total. The molecule has 3 aromatic rings. The van der Waals surface area contributed by atoms with Gasteiger partial charge in [0.25, 0.3) is 0 Å². The van der Waals surface area contributed by atoms with Gasteiger partial charge >= 0.3 is 6.18 Å². The molecule has 0 atom stereocenters. The molecule has 0 aliphatic heterocycles. The average Bonchev–Trinajstić information content (AvgIpc) is 2.82. The van der Waals surface area contributed by atoms with Gasteiger partial charge in [-0.05, 0) is 24.3 Å². The second-order valence-corrected chi connectivity index (χ2v) is 4.42. The van der Waals surface area contributed by atoms with Crippen molar-refractivity contribution in [2.24, 2.45) is 0 Å². The molecule has 0 spiro atoms. The zero-order valence-corrected chi connectivity index (χ0v) is 10.6. The lowest BCUT2D eigenvalue weighted by Crippen LogP contribution is -2.07. The van der Waals surface area contributed by atoms with Crippen molar-refractivity contribution in [1.29, 1.82) is 0 Å². The largest absolute Gasteiger partial charge is 0.419 e. The summed E-state index contributed by atoms with van der Waals surface area (Å²) in [5.74, 6) is 0. The van der Waals surface area contributed by atoms with Gasteiger partial charge < -0.3 is 4.40 Å². The molecule has 21 heavy (non-hydrogen) atoms. The maximum Gasteiger partial charge on any atom is 0.419 e. The monoisotopic (exact) mass is 290 g/mol. The minimum atomic E-state index is -4.62. The number of aldehydes is 1. The predicted octanol–water partition coefficient (Wildman–Crippen LogP) is 3.83. The molecule has 0 bridgehead atoms. The lowest BCUT2D eigenvalue weighted by molar-refractivity contribution is -0.136. The van der Waals surface area contributed by atoms with Crippen molar-refractivity contribution in [2.75, 3.05) is 0 Å². The summed E-state index contributed by atoms with van der Waals surface area (Å²) >= 11 is 0. The molecule has 0 aliphatic rings. The summed E-state index contributed by atoms with van der Waals surface area (Å²) in [5, 5.41) is 0. The van der Waals surface area contributed by atoms with Crippen molar-refractivity contribution >= 4 is 11.8 Å². The van der Waals surface area contributed by atoms with Gasteiger partial charge in [0.05, 0.1) is 28.0 Å². The fourth-order valence-corrected chi connectivity index (χ4v) is 2.40. The van der Waals surface area contributed by atoms with Crippen LogP contribution in [0.15, 0.2) is 48.8 Å². The van der Waals surface area contributed by atoms with Crippen LogP contribution in [-0.2, 0) is 6.18 Å². The number of hydrogen-bond acceptors (Lipinski definition) is 2. The van der Waals surface area contributed by atoms with Crippen LogP contribution >= 0.6 is 0 Å². The fraction of sp³-hybridized carbons (Fsp3) is 0.0667. The quantitative estimate of drug-likeness (QED) is 0.672. The third-order valence-electron chi connectivity index (χ3n) is 3.19. The zero-order valence-electron chi connectivity index (χ0n) is 10.6. The molecule has 0 aliphatic carbocycles. The number of carbonyl (C=O) groups excluding carboxylic acids is 1. The van der Waals surface area contributed by atoms with E-state index in [-0.39, 0.29) is 17.5 Å². The van der Waals surface area contributed by atoms with Crippen molar-refractivity contribution < 1.29 is 18.0 Å². The Morgan fingerprint density at radius 3 is 2.48 bits per heavy atom. The van der Waals surface area contributed by atoms with Gasteiger partial charge in [-0.15, -0.1) is 0 Å². The minimum absolute atomic E-state index is 0.0623. The van der Waals surface area contributed by atoms with Crippen LogP contribution in [0.1, 0.15) is 15.9 Å². The molecule has 3 aromatic heterocycles. The topological polar surface area (TPSA) is 34.4 Å². The second kappa shape index (κ2) is 4.73. The van der Waals surface area contributed by atoms with Crippen LogP contribution < -0.4 is 0 Å². The first-order chi connectivity index (χ1) is 10.0. The maximum atomic E-state index is 13.3. The van der Waals surface area contributed by atoms with E-state index in [1.165, 1.54) is 28.9 Å². The highest BCUT2D eigenvalue weighted by molar-refractivity contribution is 5.93. The Bertz CT molecular complexity index is 807. The molecule has 0 amide bonds. The van der Waals surface area contributed by atoms with Gasteiger partial charge in [0.2, 0.25) is 0 Å². The Balaban J connectivity index is 2.48. The summed E-state index contributed by atoms with van der Waals surface area (Å²) in [6.45, 7) is 0. The number of halogens is 3. The summed E-state index contributed by atoms with van der Waals surface area (Å²) in [7, 11) is 0. The van der Waals surface area contributed by atoms with Crippen LogP contribution in [0.4, 0.5) is 13.2 Å². The first kappa shape index (κ1) is 13.4. The van der Waals surface area contributed by atoms with Gasteiger partial charge in [0.15, 0.2) is 6.29 Å². The Hall–Kier alpha value is -2.63. The molecule has 3 heterocycles. The SMILES string of the molecule is O=Cc1c(C(F)(F)F)c2ccccn2c1-c1ccccn1. The number of hydrogen-bond donors (Lipinski definition) is 0. The molecule has 106 valence electrons. The Kier molecular flexibility index (Phi) is 3.01. The van der Waals surface area contributed by atoms with Crippen molar-refractivity contribution in [2.45, 2.75) is 6.18 Å². The van der Waals surface area contributed by atoms with Gasteiger partial charge in [-0.3, -0.25) is 9.78 Å². The number of carbonyl (C=O) groups is 1. The molecule has 0 unspecified atom stereocenters. The number of aromatic nitrogens is 2. The summed E-state index contributed by atoms with van der Waals surface area (Å²) in [6.07, 6.45) is -1.42. The smallest absolute Gasteiger partial charge is 0.314 e. The third kappa shape index (κ3) is 2.08. The predicted molar refractivity (Wildman–Crippen MR) is 71.0 cm³/mol. The van der Waals surface area contributed by atoms with Gasteiger partial charge in [-0.25, -0.2) is 0 Å². The first-order valence-electron chi connectivity index (χ1n) is 6.11. The van der Waals surface area contributed by atoms with Crippen molar-refractivity contribution in [1.82, 2.24) is 9.38 Å². The standard InChI is InChI=1S/C15H9F3N2O/c16-15(17,18)13-10(9-21)14(11-5-1-3-7-19-11)20-8-4-2-6-12(13)20/h1-9H. The van der Waals surface area contributed by atoms with Gasteiger partial charge in [0, 0.05) is 12.4 Å². The van der Waals surface area contributed by atoms with Crippen molar-refractivity contribution in [3.63, 3.8) is 0 Å². The summed E-state index contributed by atoms with van der Waals surface area (Å²) in [6, 6.07) is 9.33. The lowest BCUT2D eigenvalue weighted by atomic mass is 10.1. The van der Waals surface area contributed by atoms with Crippen LogP contribution in [-0.4, -0.2) is 15.7 Å². The minimum Gasteiger partial charge on any atom is -0.314 e. The molecule has 0 saturated carbocycles. The normalized spacial score (nSPS) is 11.8. The molecule has 0 aromatic carbocycles. The molecular formula is C15H9F3N2O. The van der Waals surface area contributed by atoms with E-state index < -0.39 is 17.3 Å². The van der Waals surface area contributed by atoms with Crippen LogP contribution in [0.25, 0.3) is 16.9 Å². The van der Waals surface area contributed by atoms with E-state index >= 15 is 0 Å². The van der Waals surface area contributed by atoms with Crippen LogP contribution in [0.3, 0.4) is 0 Å². The highest BCUT2D eigenvalue weighted by Gasteiger charge is 2.39. The van der Waals surface area contributed by atoms with E-state index in [4.69, 9.17) is 0 Å². The molecule has 0 fully saturated rings. The van der Waals surface area contributed by atoms with E-state index in [9.17, 15) is 18.0 Å². The average molecular weight is 290 g/mol. The summed E-state index contributed by atoms with van der Waals surface area (Å²) in [5.41, 5.74) is -0.927. The first-order valence-corrected chi connectivity index (χ1v) is 6.11. The second-order valence-electron chi connectivity index (χ2n) is 4.42. The Morgan fingerprint density at radius 1 is 1.10 bits per heavy atom. The lowest BCUT2D eigenvalue weighted by Gasteiger charge is -2.05. The van der Waals surface area contributed by atoms with E-state index in [0.717, 1.165) is 0 Å². The Labute approximate surface area is 117 Å². The number of fused-ring (bicyclic) bond motifs is 1. The van der Waals surface area contributed by atoms with Crippen molar-refractivity contribution in [3.8, 4) is 11.4 Å². The molecule has 6 heteroatoms. The number of rotatable bonds is 2. The van der Waals surface area contributed by atoms with Gasteiger partial charge in [-0.2, -0.15) is 13.2 Å². The summed E-state index contributed by atoms with van der Waals surface area (Å²) in [4.78, 5) is 15.4. The van der Waals surface area contributed by atoms with Crippen LogP contribution in [0, 0.1) is 0 Å². The van der Waals surface area contributed by atoms with Gasteiger partial charge in [-0.1, -0.05) is 12.1 Å². The molecule has 3 rings (SSSR count). The maximum absolute atomic E-state index is 13.3. The van der Waals surface area contributed by atoms with Crippen LogP contribution in [0.5, 0.6) is 0 Å². The number of nitrogens with zero attached hydrogens (tertiary/aromatic N) is 2. The highest BCUT2D eigenvalue weighted by Crippen LogP contribution is 2.40. The van der Waals surface area contributed by atoms with E-state index in [1.807, 2.05) is 0 Å². The van der Waals surface area contributed by atoms with Crippen molar-refractivity contribution in [3.05, 3.63) is 59.9 Å². The van der Waals surface area contributed by atoms with E-state index in [2.05, 4.69) is 4.98 Å². The fourth-order valence-electron chi connectivity index (χ4n) is 2.40. The van der Waals surface area contributed by atoms with E-state index in [1.54, 1.807) is 24.3 Å². The summed E-state index contributed by atoms with van der Waals surface area (Å²) < 4.78 is 41.2. The molecular weight excluding hydrogens is 281 g/mol. The Morgan fingerprint density at radius 2 is 1.86 bits per heavy atom. The molecule has 0 N–H and O–H groups in total. The molecule has 0 saturated heterocycles. The number of alkyl halides is 3. The highest BCUT2D eigenvalue weighted by atomic mass is 19.4. The molecule has 0 radical (unpaired) electrons. The number of pyridine rings is 2. The van der Waals surface area contributed by atoms with E-state index in [0.29, 0.717) is 5.69 Å². The van der Waals surface area contributed by atoms with Crippen LogP contribution in [0.2, 0.25) is 0 Å². The third-order valence-corrected chi connectivity index (χ3v) is 3.19. The van der Waals surface area contributed by atoms with Gasteiger partial charge in [0.1, 0.15) is 0 Å².